The largest absolute Gasteiger partial charge is 0.370 e. The second kappa shape index (κ2) is 10.2. The van der Waals surface area contributed by atoms with Crippen molar-refractivity contribution in [2.45, 2.75) is 24.5 Å². The molecule has 0 aliphatic carbocycles. The maximum atomic E-state index is 12.9. The lowest BCUT2D eigenvalue weighted by molar-refractivity contribution is -0.119. The lowest BCUT2D eigenvalue weighted by Gasteiger charge is -2.09. The second-order valence-corrected chi connectivity index (χ2v) is 8.06. The highest BCUT2D eigenvalue weighted by molar-refractivity contribution is 7.99. The van der Waals surface area contributed by atoms with Gasteiger partial charge >= 0.3 is 0 Å². The van der Waals surface area contributed by atoms with Crippen molar-refractivity contribution in [2.75, 3.05) is 12.3 Å². The molecular formula is C19H20FN5O2S2. The van der Waals surface area contributed by atoms with E-state index in [1.165, 1.54) is 35.2 Å². The summed E-state index contributed by atoms with van der Waals surface area (Å²) >= 11 is 2.77. The van der Waals surface area contributed by atoms with Crippen molar-refractivity contribution in [1.29, 1.82) is 0 Å². The molecule has 152 valence electrons. The third kappa shape index (κ3) is 6.13. The Kier molecular flexibility index (Phi) is 7.36. The van der Waals surface area contributed by atoms with Gasteiger partial charge in [-0.25, -0.2) is 4.39 Å². The average molecular weight is 434 g/mol. The van der Waals surface area contributed by atoms with Crippen LogP contribution >= 0.6 is 23.1 Å². The molecular weight excluding hydrogens is 413 g/mol. The third-order valence-electron chi connectivity index (χ3n) is 4.02. The molecule has 0 radical (unpaired) electrons. The average Bonchev–Trinajstić information content (AvgIpc) is 3.35. The van der Waals surface area contributed by atoms with Gasteiger partial charge in [-0.3, -0.25) is 9.59 Å². The molecule has 3 rings (SSSR count). The summed E-state index contributed by atoms with van der Waals surface area (Å²) in [5.74, 6) is -0.00989. The number of rotatable bonds is 10. The number of hydrogen-bond donors (Lipinski definition) is 2. The van der Waals surface area contributed by atoms with Crippen LogP contribution in [0.1, 0.15) is 12.0 Å². The van der Waals surface area contributed by atoms with E-state index in [9.17, 15) is 14.0 Å². The van der Waals surface area contributed by atoms with Gasteiger partial charge in [0.05, 0.1) is 10.6 Å². The number of nitrogens with one attached hydrogen (secondary N) is 1. The van der Waals surface area contributed by atoms with Crippen LogP contribution in [0.25, 0.3) is 10.7 Å². The zero-order valence-electron chi connectivity index (χ0n) is 15.5. The zero-order chi connectivity index (χ0) is 20.6. The number of hydrogen-bond acceptors (Lipinski definition) is 6. The fraction of sp³-hybridized carbons (Fsp3) is 0.263. The van der Waals surface area contributed by atoms with Gasteiger partial charge in [-0.1, -0.05) is 30.0 Å². The van der Waals surface area contributed by atoms with Gasteiger partial charge in [0.1, 0.15) is 5.82 Å². The Hall–Kier alpha value is -2.72. The minimum Gasteiger partial charge on any atom is -0.370 e. The number of thiophene rings is 1. The highest BCUT2D eigenvalue weighted by Crippen LogP contribution is 2.27. The van der Waals surface area contributed by atoms with E-state index in [2.05, 4.69) is 15.5 Å². The molecule has 2 amide bonds. The molecule has 0 spiro atoms. The molecule has 0 unspecified atom stereocenters. The number of primary amides is 1. The van der Waals surface area contributed by atoms with Gasteiger partial charge in [0.15, 0.2) is 11.0 Å². The van der Waals surface area contributed by atoms with Gasteiger partial charge in [-0.2, -0.15) is 0 Å². The van der Waals surface area contributed by atoms with E-state index in [-0.39, 0.29) is 23.9 Å². The summed E-state index contributed by atoms with van der Waals surface area (Å²) in [7, 11) is 0. The number of carbonyl (C=O) groups excluding carboxylic acids is 2. The number of nitrogens with two attached hydrogens (primary N) is 1. The molecule has 7 nitrogen and oxygen atoms in total. The zero-order valence-corrected chi connectivity index (χ0v) is 17.1. The minimum atomic E-state index is -0.412. The molecule has 0 bridgehead atoms. The minimum absolute atomic E-state index is 0.140. The van der Waals surface area contributed by atoms with Crippen LogP contribution in [-0.2, 0) is 22.6 Å². The van der Waals surface area contributed by atoms with Crippen molar-refractivity contribution >= 4 is 34.9 Å². The number of carbonyl (C=O) groups is 2. The van der Waals surface area contributed by atoms with Crippen molar-refractivity contribution in [3.05, 3.63) is 53.2 Å². The Morgan fingerprint density at radius 3 is 2.69 bits per heavy atom. The maximum Gasteiger partial charge on any atom is 0.230 e. The molecule has 0 saturated heterocycles. The molecule has 2 heterocycles. The lowest BCUT2D eigenvalue weighted by Crippen LogP contribution is -2.27. The monoisotopic (exact) mass is 433 g/mol. The Morgan fingerprint density at radius 2 is 2.00 bits per heavy atom. The molecule has 29 heavy (non-hydrogen) atoms. The van der Waals surface area contributed by atoms with Crippen LogP contribution < -0.4 is 11.1 Å². The smallest absolute Gasteiger partial charge is 0.230 e. The molecule has 0 fully saturated rings. The molecule has 10 heteroatoms. The van der Waals surface area contributed by atoms with Crippen molar-refractivity contribution in [3.8, 4) is 10.7 Å². The quantitative estimate of drug-likeness (QED) is 0.478. The first kappa shape index (κ1) is 21.0. The number of aromatic nitrogens is 3. The summed E-state index contributed by atoms with van der Waals surface area (Å²) in [4.78, 5) is 24.3. The van der Waals surface area contributed by atoms with Crippen LogP contribution in [0.15, 0.2) is 46.9 Å². The number of halogens is 1. The summed E-state index contributed by atoms with van der Waals surface area (Å²) in [6.07, 6.45) is 0.780. The SMILES string of the molecule is NC(=O)CCn1c(SCC(=O)NCCc2ccc(F)cc2)nnc1-c1cccs1. The fourth-order valence-electron chi connectivity index (χ4n) is 2.59. The molecule has 0 atom stereocenters. The summed E-state index contributed by atoms with van der Waals surface area (Å²) < 4.78 is 14.7. The van der Waals surface area contributed by atoms with Gasteiger partial charge < -0.3 is 15.6 Å². The van der Waals surface area contributed by atoms with E-state index >= 15 is 0 Å². The second-order valence-electron chi connectivity index (χ2n) is 6.17. The van der Waals surface area contributed by atoms with E-state index in [1.54, 1.807) is 12.1 Å². The van der Waals surface area contributed by atoms with E-state index in [0.29, 0.717) is 30.5 Å². The van der Waals surface area contributed by atoms with Crippen molar-refractivity contribution in [2.24, 2.45) is 5.73 Å². The fourth-order valence-corrected chi connectivity index (χ4v) is 4.10. The van der Waals surface area contributed by atoms with E-state index in [4.69, 9.17) is 5.73 Å². The van der Waals surface area contributed by atoms with Gasteiger partial charge in [0.25, 0.3) is 0 Å². The van der Waals surface area contributed by atoms with Crippen molar-refractivity contribution < 1.29 is 14.0 Å². The van der Waals surface area contributed by atoms with Gasteiger partial charge in [0, 0.05) is 19.5 Å². The van der Waals surface area contributed by atoms with Gasteiger partial charge in [0.2, 0.25) is 11.8 Å². The number of amides is 2. The molecule has 1 aromatic carbocycles. The molecule has 3 aromatic rings. The molecule has 0 aliphatic rings. The predicted octanol–water partition coefficient (Wildman–Crippen LogP) is 2.47. The topological polar surface area (TPSA) is 103 Å². The van der Waals surface area contributed by atoms with Crippen LogP contribution in [0.2, 0.25) is 0 Å². The standard InChI is InChI=1S/C19H20FN5O2S2/c20-14-5-3-13(4-6-14)7-9-22-17(27)12-29-19-24-23-18(15-2-1-11-28-15)25(19)10-8-16(21)26/h1-6,11H,7-10,12H2,(H2,21,26)(H,22,27). The van der Waals surface area contributed by atoms with Crippen molar-refractivity contribution in [3.63, 3.8) is 0 Å². The Morgan fingerprint density at radius 1 is 1.21 bits per heavy atom. The molecule has 3 N–H and O–H groups in total. The summed E-state index contributed by atoms with van der Waals surface area (Å²) in [5, 5.41) is 13.7. The molecule has 0 saturated carbocycles. The first-order valence-electron chi connectivity index (χ1n) is 8.92. The maximum absolute atomic E-state index is 12.9. The van der Waals surface area contributed by atoms with Crippen LogP contribution in [0.4, 0.5) is 4.39 Å². The van der Waals surface area contributed by atoms with Gasteiger partial charge in [-0.05, 0) is 35.6 Å². The first-order chi connectivity index (χ1) is 14.0. The van der Waals surface area contributed by atoms with Crippen molar-refractivity contribution in [1.82, 2.24) is 20.1 Å². The van der Waals surface area contributed by atoms with E-state index in [1.807, 2.05) is 22.1 Å². The highest BCUT2D eigenvalue weighted by Gasteiger charge is 2.16. The van der Waals surface area contributed by atoms with Crippen LogP contribution in [0.5, 0.6) is 0 Å². The third-order valence-corrected chi connectivity index (χ3v) is 5.85. The van der Waals surface area contributed by atoms with E-state index < -0.39 is 5.91 Å². The number of nitrogens with zero attached hydrogens (tertiary/aromatic N) is 3. The van der Waals surface area contributed by atoms with Crippen LogP contribution in [0, 0.1) is 5.82 Å². The van der Waals surface area contributed by atoms with E-state index in [0.717, 1.165) is 10.4 Å². The Labute approximate surface area is 175 Å². The van der Waals surface area contributed by atoms with Gasteiger partial charge in [-0.15, -0.1) is 21.5 Å². The summed E-state index contributed by atoms with van der Waals surface area (Å²) in [6, 6.07) is 10.0. The Balaban J connectivity index is 1.55. The highest BCUT2D eigenvalue weighted by atomic mass is 32.2. The molecule has 0 aliphatic heterocycles. The number of benzene rings is 1. The normalized spacial score (nSPS) is 10.8. The summed E-state index contributed by atoms with van der Waals surface area (Å²) in [6.45, 7) is 0.809. The van der Waals surface area contributed by atoms with Crippen LogP contribution in [-0.4, -0.2) is 38.9 Å². The van der Waals surface area contributed by atoms with Crippen LogP contribution in [0.3, 0.4) is 0 Å². The Bertz CT molecular complexity index is 958. The predicted molar refractivity (Wildman–Crippen MR) is 111 cm³/mol. The molecule has 2 aromatic heterocycles. The number of thioether (sulfide) groups is 1. The summed E-state index contributed by atoms with van der Waals surface area (Å²) in [5.41, 5.74) is 6.23. The first-order valence-corrected chi connectivity index (χ1v) is 10.8. The lowest BCUT2D eigenvalue weighted by atomic mass is 10.1.